The third kappa shape index (κ3) is 1.52. The SMILES string of the molecule is O=C(O)[C@@H]1C[C@@](O)([C@@]2(O)OC[C@@H](O)[C@@H]2O)C(=O)N1. The lowest BCUT2D eigenvalue weighted by atomic mass is 9.85. The molecule has 102 valence electrons. The Morgan fingerprint density at radius 3 is 2.39 bits per heavy atom. The van der Waals surface area contributed by atoms with Gasteiger partial charge in [-0.05, 0) is 0 Å². The van der Waals surface area contributed by atoms with Crippen molar-refractivity contribution in [1.29, 1.82) is 0 Å². The summed E-state index contributed by atoms with van der Waals surface area (Å²) in [4.78, 5) is 22.3. The first-order chi connectivity index (χ1) is 8.22. The van der Waals surface area contributed by atoms with E-state index in [4.69, 9.17) is 9.84 Å². The second-order valence-electron chi connectivity index (χ2n) is 4.45. The first-order valence-electron chi connectivity index (χ1n) is 5.21. The van der Waals surface area contributed by atoms with Crippen molar-refractivity contribution >= 4 is 11.9 Å². The molecule has 2 aliphatic heterocycles. The number of carbonyl (C=O) groups excluding carboxylic acids is 1. The first kappa shape index (κ1) is 13.2. The molecule has 0 spiro atoms. The van der Waals surface area contributed by atoms with Crippen LogP contribution in [0.4, 0.5) is 0 Å². The highest BCUT2D eigenvalue weighted by Gasteiger charge is 2.68. The van der Waals surface area contributed by atoms with E-state index >= 15 is 0 Å². The highest BCUT2D eigenvalue weighted by Crippen LogP contribution is 2.40. The minimum atomic E-state index is -2.74. The summed E-state index contributed by atoms with van der Waals surface area (Å²) in [5.41, 5.74) is -2.63. The molecular formula is C9H13NO8. The predicted molar refractivity (Wildman–Crippen MR) is 52.0 cm³/mol. The van der Waals surface area contributed by atoms with Crippen molar-refractivity contribution in [3.05, 3.63) is 0 Å². The van der Waals surface area contributed by atoms with Crippen LogP contribution in [0, 0.1) is 0 Å². The van der Waals surface area contributed by atoms with E-state index in [0.717, 1.165) is 0 Å². The van der Waals surface area contributed by atoms with Crippen LogP contribution in [-0.2, 0) is 14.3 Å². The number of carboxylic acid groups (broad SMARTS) is 1. The quantitative estimate of drug-likeness (QED) is 0.295. The number of carbonyl (C=O) groups is 2. The lowest BCUT2D eigenvalue weighted by Gasteiger charge is -2.36. The van der Waals surface area contributed by atoms with Gasteiger partial charge in [-0.1, -0.05) is 0 Å². The summed E-state index contributed by atoms with van der Waals surface area (Å²) < 4.78 is 4.70. The minimum Gasteiger partial charge on any atom is -0.480 e. The van der Waals surface area contributed by atoms with Crippen LogP contribution >= 0.6 is 0 Å². The standard InChI is InChI=1S/C9H13NO8/c11-4-2-18-9(17,5(4)12)8(16)1-3(6(13)14)10-7(8)15/h3-5,11-12,16-17H,1-2H2,(H,10,15)(H,13,14)/t3-,4+,5-,8-,9-/m0/s1. The van der Waals surface area contributed by atoms with Crippen molar-refractivity contribution in [1.82, 2.24) is 5.32 Å². The molecule has 0 aliphatic carbocycles. The number of amides is 1. The molecule has 9 nitrogen and oxygen atoms in total. The number of hydrogen-bond donors (Lipinski definition) is 6. The van der Waals surface area contributed by atoms with Crippen molar-refractivity contribution < 1.29 is 39.9 Å². The predicted octanol–water partition coefficient (Wildman–Crippen LogP) is -3.87. The van der Waals surface area contributed by atoms with Crippen molar-refractivity contribution in [2.45, 2.75) is 36.1 Å². The molecule has 0 radical (unpaired) electrons. The van der Waals surface area contributed by atoms with Crippen LogP contribution in [-0.4, -0.2) is 73.7 Å². The van der Waals surface area contributed by atoms with Gasteiger partial charge in [0.1, 0.15) is 18.2 Å². The molecule has 2 heterocycles. The molecule has 0 aromatic carbocycles. The lowest BCUT2D eigenvalue weighted by molar-refractivity contribution is -0.295. The van der Waals surface area contributed by atoms with Gasteiger partial charge in [-0.15, -0.1) is 0 Å². The van der Waals surface area contributed by atoms with Gasteiger partial charge in [0.15, 0.2) is 0 Å². The molecule has 6 N–H and O–H groups in total. The zero-order chi connectivity index (χ0) is 13.7. The summed E-state index contributed by atoms with van der Waals surface area (Å²) >= 11 is 0. The van der Waals surface area contributed by atoms with E-state index in [1.807, 2.05) is 5.32 Å². The average molecular weight is 263 g/mol. The smallest absolute Gasteiger partial charge is 0.326 e. The topological polar surface area (TPSA) is 157 Å². The number of aliphatic hydroxyl groups is 4. The fourth-order valence-electron chi connectivity index (χ4n) is 2.19. The van der Waals surface area contributed by atoms with Crippen LogP contribution in [0.25, 0.3) is 0 Å². The van der Waals surface area contributed by atoms with Crippen LogP contribution in [0.5, 0.6) is 0 Å². The van der Waals surface area contributed by atoms with E-state index in [0.29, 0.717) is 0 Å². The normalized spacial score (nSPS) is 48.2. The van der Waals surface area contributed by atoms with E-state index in [9.17, 15) is 30.0 Å². The van der Waals surface area contributed by atoms with Gasteiger partial charge in [-0.2, -0.15) is 0 Å². The molecule has 2 rings (SSSR count). The number of hydrogen-bond acceptors (Lipinski definition) is 7. The maximum absolute atomic E-state index is 11.6. The molecule has 0 bridgehead atoms. The van der Waals surface area contributed by atoms with Crippen LogP contribution in [0.3, 0.4) is 0 Å². The third-order valence-electron chi connectivity index (χ3n) is 3.31. The largest absolute Gasteiger partial charge is 0.480 e. The van der Waals surface area contributed by atoms with Crippen LogP contribution in [0.2, 0.25) is 0 Å². The molecule has 2 fully saturated rings. The molecule has 0 saturated carbocycles. The number of rotatable bonds is 2. The van der Waals surface area contributed by atoms with Crippen LogP contribution in [0.1, 0.15) is 6.42 Å². The zero-order valence-corrected chi connectivity index (χ0v) is 9.11. The maximum atomic E-state index is 11.6. The van der Waals surface area contributed by atoms with Gasteiger partial charge in [0.05, 0.1) is 6.61 Å². The van der Waals surface area contributed by atoms with Crippen molar-refractivity contribution in [3.8, 4) is 0 Å². The van der Waals surface area contributed by atoms with E-state index < -0.39 is 54.5 Å². The van der Waals surface area contributed by atoms with Gasteiger partial charge in [-0.25, -0.2) is 4.79 Å². The highest BCUT2D eigenvalue weighted by atomic mass is 16.7. The molecule has 5 atom stereocenters. The number of nitrogens with one attached hydrogen (secondary N) is 1. The van der Waals surface area contributed by atoms with Gasteiger partial charge in [-0.3, -0.25) is 4.79 Å². The Morgan fingerprint density at radius 1 is 1.39 bits per heavy atom. The molecule has 0 aromatic heterocycles. The summed E-state index contributed by atoms with van der Waals surface area (Å²) in [7, 11) is 0. The summed E-state index contributed by atoms with van der Waals surface area (Å²) in [5, 5.41) is 49.7. The summed E-state index contributed by atoms with van der Waals surface area (Å²) in [6.07, 6.45) is -4.07. The number of aliphatic hydroxyl groups excluding tert-OH is 2. The summed E-state index contributed by atoms with van der Waals surface area (Å²) in [5.74, 6) is -5.30. The molecule has 2 saturated heterocycles. The molecule has 18 heavy (non-hydrogen) atoms. The molecular weight excluding hydrogens is 250 g/mol. The van der Waals surface area contributed by atoms with E-state index in [2.05, 4.69) is 0 Å². The Morgan fingerprint density at radius 2 is 2.00 bits per heavy atom. The van der Waals surface area contributed by atoms with Gasteiger partial charge in [0, 0.05) is 6.42 Å². The minimum absolute atomic E-state index is 0.481. The maximum Gasteiger partial charge on any atom is 0.326 e. The second-order valence-corrected chi connectivity index (χ2v) is 4.45. The summed E-state index contributed by atoms with van der Waals surface area (Å²) in [6, 6.07) is -1.40. The monoisotopic (exact) mass is 263 g/mol. The number of carboxylic acids is 1. The first-order valence-corrected chi connectivity index (χ1v) is 5.21. The Bertz CT molecular complexity index is 400. The average Bonchev–Trinajstić information content (AvgIpc) is 2.75. The van der Waals surface area contributed by atoms with E-state index in [-0.39, 0.29) is 0 Å². The molecule has 2 aliphatic rings. The lowest BCUT2D eigenvalue weighted by Crippen LogP contribution is -2.64. The van der Waals surface area contributed by atoms with Gasteiger partial charge < -0.3 is 35.6 Å². The summed E-state index contributed by atoms with van der Waals surface area (Å²) in [6.45, 7) is -0.481. The molecule has 9 heteroatoms. The number of ether oxygens (including phenoxy) is 1. The Balaban J connectivity index is 2.32. The van der Waals surface area contributed by atoms with Crippen molar-refractivity contribution in [2.75, 3.05) is 6.61 Å². The molecule has 0 aromatic rings. The zero-order valence-electron chi connectivity index (χ0n) is 9.11. The van der Waals surface area contributed by atoms with Crippen LogP contribution < -0.4 is 5.32 Å². The van der Waals surface area contributed by atoms with Crippen molar-refractivity contribution in [3.63, 3.8) is 0 Å². The number of aliphatic carboxylic acids is 1. The second kappa shape index (κ2) is 3.87. The Labute approximate surface area is 101 Å². The molecule has 0 unspecified atom stereocenters. The van der Waals surface area contributed by atoms with E-state index in [1.54, 1.807) is 0 Å². The van der Waals surface area contributed by atoms with Gasteiger partial charge >= 0.3 is 5.97 Å². The fraction of sp³-hybridized carbons (Fsp3) is 0.778. The Kier molecular flexibility index (Phi) is 2.83. The Hall–Kier alpha value is -1.26. The highest BCUT2D eigenvalue weighted by molar-refractivity contribution is 5.94. The molecule has 1 amide bonds. The van der Waals surface area contributed by atoms with Gasteiger partial charge in [0.25, 0.3) is 5.91 Å². The third-order valence-corrected chi connectivity index (χ3v) is 3.31. The van der Waals surface area contributed by atoms with E-state index in [1.165, 1.54) is 0 Å². The van der Waals surface area contributed by atoms with Crippen LogP contribution in [0.15, 0.2) is 0 Å². The van der Waals surface area contributed by atoms with Crippen molar-refractivity contribution in [2.24, 2.45) is 0 Å². The van der Waals surface area contributed by atoms with Gasteiger partial charge in [0.2, 0.25) is 11.4 Å². The fourth-order valence-corrected chi connectivity index (χ4v) is 2.19.